The van der Waals surface area contributed by atoms with E-state index in [0.717, 1.165) is 36.6 Å². The predicted molar refractivity (Wildman–Crippen MR) is 78.5 cm³/mol. The number of hydrogen-bond donors (Lipinski definition) is 0. The first kappa shape index (κ1) is 12.8. The molecule has 2 aromatic heterocycles. The normalized spacial score (nSPS) is 24.6. The summed E-state index contributed by atoms with van der Waals surface area (Å²) < 4.78 is 5.36. The second kappa shape index (κ2) is 4.84. The van der Waals surface area contributed by atoms with Crippen LogP contribution in [-0.4, -0.2) is 46.2 Å². The molecular formula is C14H16N4O2S. The van der Waals surface area contributed by atoms with E-state index in [4.69, 9.17) is 4.42 Å². The number of carbonyl (C=O) groups is 1. The van der Waals surface area contributed by atoms with E-state index in [1.807, 2.05) is 17.9 Å². The van der Waals surface area contributed by atoms with E-state index < -0.39 is 0 Å². The summed E-state index contributed by atoms with van der Waals surface area (Å²) in [6.07, 6.45) is 3.55. The summed E-state index contributed by atoms with van der Waals surface area (Å²) in [5.41, 5.74) is 2.66. The molecule has 0 aromatic carbocycles. The molecule has 21 heavy (non-hydrogen) atoms. The topological polar surface area (TPSA) is 62.5 Å². The third kappa shape index (κ3) is 1.95. The van der Waals surface area contributed by atoms with Crippen LogP contribution >= 0.6 is 11.3 Å². The Morgan fingerprint density at radius 3 is 2.95 bits per heavy atom. The van der Waals surface area contributed by atoms with Crippen LogP contribution in [0.15, 0.2) is 22.3 Å². The predicted octanol–water partition coefficient (Wildman–Crippen LogP) is 1.93. The van der Waals surface area contributed by atoms with Gasteiger partial charge in [-0.2, -0.15) is 0 Å². The Bertz CT molecular complexity index is 654. The molecule has 7 heteroatoms. The van der Waals surface area contributed by atoms with E-state index in [1.165, 1.54) is 0 Å². The highest BCUT2D eigenvalue weighted by Gasteiger charge is 2.46. The van der Waals surface area contributed by atoms with Crippen molar-refractivity contribution in [2.45, 2.75) is 31.8 Å². The molecule has 6 nitrogen and oxygen atoms in total. The van der Waals surface area contributed by atoms with Gasteiger partial charge in [-0.25, -0.2) is 0 Å². The largest absolute Gasteiger partial charge is 0.459 e. The Morgan fingerprint density at radius 1 is 1.38 bits per heavy atom. The summed E-state index contributed by atoms with van der Waals surface area (Å²) in [6.45, 7) is 3.63. The number of aromatic nitrogens is 2. The molecule has 2 aromatic rings. The van der Waals surface area contributed by atoms with Gasteiger partial charge < -0.3 is 14.2 Å². The zero-order chi connectivity index (χ0) is 14.4. The first-order valence-corrected chi connectivity index (χ1v) is 8.01. The Labute approximate surface area is 126 Å². The van der Waals surface area contributed by atoms with Gasteiger partial charge in [0, 0.05) is 18.7 Å². The Kier molecular flexibility index (Phi) is 2.95. The third-order valence-corrected chi connectivity index (χ3v) is 5.21. The van der Waals surface area contributed by atoms with Crippen molar-refractivity contribution in [1.82, 2.24) is 15.1 Å². The van der Waals surface area contributed by atoms with Gasteiger partial charge in [0.15, 0.2) is 5.76 Å². The molecule has 2 fully saturated rings. The van der Waals surface area contributed by atoms with Crippen LogP contribution in [0.1, 0.15) is 29.0 Å². The van der Waals surface area contributed by atoms with Gasteiger partial charge in [0.2, 0.25) is 5.13 Å². The molecule has 2 saturated heterocycles. The highest BCUT2D eigenvalue weighted by molar-refractivity contribution is 7.13. The molecule has 2 aliphatic rings. The van der Waals surface area contributed by atoms with Crippen molar-refractivity contribution < 1.29 is 9.21 Å². The van der Waals surface area contributed by atoms with Crippen LogP contribution in [0.4, 0.5) is 5.13 Å². The van der Waals surface area contributed by atoms with Crippen molar-refractivity contribution in [2.75, 3.05) is 18.0 Å². The number of anilines is 1. The molecule has 2 atom stereocenters. The fourth-order valence-electron chi connectivity index (χ4n) is 3.49. The highest BCUT2D eigenvalue weighted by atomic mass is 32.1. The van der Waals surface area contributed by atoms with E-state index in [2.05, 4.69) is 15.1 Å². The maximum atomic E-state index is 12.7. The molecule has 0 unspecified atom stereocenters. The van der Waals surface area contributed by atoms with Crippen molar-refractivity contribution in [3.05, 3.63) is 29.2 Å². The molecule has 4 heterocycles. The number of nitrogens with zero attached hydrogens (tertiary/aromatic N) is 4. The third-order valence-electron chi connectivity index (χ3n) is 4.49. The quantitative estimate of drug-likeness (QED) is 0.848. The van der Waals surface area contributed by atoms with Crippen LogP contribution in [-0.2, 0) is 0 Å². The van der Waals surface area contributed by atoms with Crippen molar-refractivity contribution in [1.29, 1.82) is 0 Å². The number of carbonyl (C=O) groups excluding carboxylic acids is 1. The zero-order valence-corrected chi connectivity index (χ0v) is 12.5. The van der Waals surface area contributed by atoms with E-state index >= 15 is 0 Å². The van der Waals surface area contributed by atoms with Crippen LogP contribution in [0, 0.1) is 6.92 Å². The SMILES string of the molecule is Cc1ccoc1C(=O)N1CC[C@H]2[C@H]1CCN2c1nncs1. The molecule has 0 saturated carbocycles. The monoisotopic (exact) mass is 304 g/mol. The summed E-state index contributed by atoms with van der Waals surface area (Å²) in [5.74, 6) is 0.495. The summed E-state index contributed by atoms with van der Waals surface area (Å²) in [7, 11) is 0. The summed E-state index contributed by atoms with van der Waals surface area (Å²) in [5, 5.41) is 9.05. The average molecular weight is 304 g/mol. The smallest absolute Gasteiger partial charge is 0.290 e. The number of likely N-dealkylation sites (tertiary alicyclic amines) is 1. The minimum atomic E-state index is 0.0177. The van der Waals surface area contributed by atoms with Gasteiger partial charge in [0.05, 0.1) is 18.3 Å². The van der Waals surface area contributed by atoms with Gasteiger partial charge in [-0.1, -0.05) is 11.3 Å². The summed E-state index contributed by atoms with van der Waals surface area (Å²) in [4.78, 5) is 16.9. The fourth-order valence-corrected chi connectivity index (χ4v) is 4.14. The lowest BCUT2D eigenvalue weighted by molar-refractivity contribution is 0.0704. The second-order valence-corrected chi connectivity index (χ2v) is 6.37. The van der Waals surface area contributed by atoms with Crippen molar-refractivity contribution >= 4 is 22.4 Å². The molecule has 4 rings (SSSR count). The van der Waals surface area contributed by atoms with E-state index in [1.54, 1.807) is 23.1 Å². The van der Waals surface area contributed by atoms with Crippen LogP contribution in [0.3, 0.4) is 0 Å². The molecule has 1 amide bonds. The number of aryl methyl sites for hydroxylation is 1. The van der Waals surface area contributed by atoms with Gasteiger partial charge in [-0.3, -0.25) is 4.79 Å². The Balaban J connectivity index is 1.56. The lowest BCUT2D eigenvalue weighted by Crippen LogP contribution is -2.39. The zero-order valence-electron chi connectivity index (χ0n) is 11.7. The molecule has 0 spiro atoms. The maximum Gasteiger partial charge on any atom is 0.290 e. The first-order chi connectivity index (χ1) is 10.3. The van der Waals surface area contributed by atoms with Crippen molar-refractivity contribution in [3.8, 4) is 0 Å². The molecule has 110 valence electrons. The number of fused-ring (bicyclic) bond motifs is 1. The lowest BCUT2D eigenvalue weighted by Gasteiger charge is -2.24. The Morgan fingerprint density at radius 2 is 2.24 bits per heavy atom. The van der Waals surface area contributed by atoms with Crippen LogP contribution in [0.5, 0.6) is 0 Å². The number of furan rings is 1. The van der Waals surface area contributed by atoms with Gasteiger partial charge in [-0.15, -0.1) is 10.2 Å². The number of rotatable bonds is 2. The molecule has 0 N–H and O–H groups in total. The van der Waals surface area contributed by atoms with E-state index in [0.29, 0.717) is 11.8 Å². The van der Waals surface area contributed by atoms with Crippen LogP contribution in [0.25, 0.3) is 0 Å². The van der Waals surface area contributed by atoms with Crippen molar-refractivity contribution in [2.24, 2.45) is 0 Å². The van der Waals surface area contributed by atoms with Gasteiger partial charge in [0.1, 0.15) is 5.51 Å². The maximum absolute atomic E-state index is 12.7. The highest BCUT2D eigenvalue weighted by Crippen LogP contribution is 2.36. The van der Waals surface area contributed by atoms with Crippen LogP contribution in [0.2, 0.25) is 0 Å². The summed E-state index contributed by atoms with van der Waals surface area (Å²) in [6, 6.07) is 2.45. The molecule has 2 aliphatic heterocycles. The van der Waals surface area contributed by atoms with Crippen molar-refractivity contribution in [3.63, 3.8) is 0 Å². The first-order valence-electron chi connectivity index (χ1n) is 7.13. The van der Waals surface area contributed by atoms with Gasteiger partial charge in [-0.05, 0) is 25.8 Å². The molecule has 0 aliphatic carbocycles. The number of hydrogen-bond acceptors (Lipinski definition) is 6. The summed E-state index contributed by atoms with van der Waals surface area (Å²) >= 11 is 1.56. The van der Waals surface area contributed by atoms with Gasteiger partial charge >= 0.3 is 0 Å². The average Bonchev–Trinajstić information content (AvgIpc) is 3.22. The number of amides is 1. The minimum Gasteiger partial charge on any atom is -0.459 e. The van der Waals surface area contributed by atoms with E-state index in [9.17, 15) is 4.79 Å². The Hall–Kier alpha value is -1.89. The van der Waals surface area contributed by atoms with Gasteiger partial charge in [0.25, 0.3) is 5.91 Å². The minimum absolute atomic E-state index is 0.0177. The van der Waals surface area contributed by atoms with Crippen LogP contribution < -0.4 is 4.90 Å². The lowest BCUT2D eigenvalue weighted by atomic mass is 10.1. The molecule has 0 bridgehead atoms. The molecule has 0 radical (unpaired) electrons. The fraction of sp³-hybridized carbons (Fsp3) is 0.500. The second-order valence-electron chi connectivity index (χ2n) is 5.56. The van der Waals surface area contributed by atoms with E-state index in [-0.39, 0.29) is 11.9 Å². The molecular weight excluding hydrogens is 288 g/mol. The standard InChI is InChI=1S/C14H16N4O2S/c1-9-4-7-20-12(9)13(19)17-5-2-11-10(17)3-6-18(11)14-16-15-8-21-14/h4,7-8,10-11H,2-3,5-6H2,1H3/t10-,11+/m1/s1.